The molecule has 4 rings (SSSR count). The van der Waals surface area contributed by atoms with Gasteiger partial charge in [-0.3, -0.25) is 9.59 Å². The predicted molar refractivity (Wildman–Crippen MR) is 97.8 cm³/mol. The highest BCUT2D eigenvalue weighted by atomic mass is 19.2. The third-order valence-electron chi connectivity index (χ3n) is 5.44. The minimum atomic E-state index is -1.18. The summed E-state index contributed by atoms with van der Waals surface area (Å²) in [6.07, 6.45) is 4.45. The number of aromatic amines is 2. The van der Waals surface area contributed by atoms with Crippen molar-refractivity contribution in [3.8, 4) is 0 Å². The maximum atomic E-state index is 14.1. The second kappa shape index (κ2) is 6.33. The van der Waals surface area contributed by atoms with E-state index < -0.39 is 23.2 Å². The molecule has 1 aliphatic rings. The lowest BCUT2D eigenvalue weighted by atomic mass is 10.0. The summed E-state index contributed by atoms with van der Waals surface area (Å²) in [5.41, 5.74) is 2.63. The molecule has 140 valence electrons. The molecule has 1 aliphatic carbocycles. The molecule has 0 spiro atoms. The number of nitrogens with one attached hydrogen (secondary N) is 2. The molecular weight excluding hydrogens is 352 g/mol. The second-order valence-corrected chi connectivity index (χ2v) is 6.99. The molecule has 1 amide bonds. The summed E-state index contributed by atoms with van der Waals surface area (Å²) in [6.45, 7) is 1.78. The van der Waals surface area contributed by atoms with Gasteiger partial charge in [-0.05, 0) is 54.8 Å². The number of aryl methyl sites for hydroxylation is 2. The van der Waals surface area contributed by atoms with Crippen molar-refractivity contribution in [2.24, 2.45) is 0 Å². The summed E-state index contributed by atoms with van der Waals surface area (Å²) in [6, 6.07) is 3.79. The number of aromatic nitrogens is 2. The van der Waals surface area contributed by atoms with Crippen LogP contribution in [0.15, 0.2) is 29.2 Å². The summed E-state index contributed by atoms with van der Waals surface area (Å²) < 4.78 is 27.7. The Labute approximate surface area is 154 Å². The number of hydrogen-bond donors (Lipinski definition) is 2. The third kappa shape index (κ3) is 2.74. The monoisotopic (exact) mass is 371 g/mol. The zero-order valence-corrected chi connectivity index (χ0v) is 15.0. The van der Waals surface area contributed by atoms with Gasteiger partial charge in [0.2, 0.25) is 0 Å². The Hall–Kier alpha value is -2.96. The van der Waals surface area contributed by atoms with E-state index in [-0.39, 0.29) is 11.3 Å². The maximum absolute atomic E-state index is 14.1. The van der Waals surface area contributed by atoms with Crippen molar-refractivity contribution < 1.29 is 13.6 Å². The quantitative estimate of drug-likeness (QED) is 0.740. The lowest BCUT2D eigenvalue weighted by molar-refractivity contribution is 0.0738. The SMILES string of the molecule is C[C@@H](c1c[nH]c(=O)c2c(F)c(F)ccc12)N(C)C(=O)c1cc2c([nH]1)CCC2. The van der Waals surface area contributed by atoms with Crippen LogP contribution in [0.5, 0.6) is 0 Å². The molecule has 0 bridgehead atoms. The molecule has 2 aromatic heterocycles. The Kier molecular flexibility index (Phi) is 4.09. The molecule has 1 atom stereocenters. The van der Waals surface area contributed by atoms with Crippen LogP contribution in [0.4, 0.5) is 8.78 Å². The highest BCUT2D eigenvalue weighted by Gasteiger charge is 2.25. The van der Waals surface area contributed by atoms with Crippen LogP contribution in [0.3, 0.4) is 0 Å². The number of rotatable bonds is 3. The van der Waals surface area contributed by atoms with E-state index in [0.29, 0.717) is 16.6 Å². The van der Waals surface area contributed by atoms with Gasteiger partial charge in [-0.1, -0.05) is 6.07 Å². The standard InChI is InChI=1S/C20H19F2N3O2/c1-10(25(2)20(27)16-8-11-4-3-5-15(11)24-16)13-9-23-19(26)17-12(13)6-7-14(21)18(17)22/h6-10,24H,3-5H2,1-2H3,(H,23,26)/t10-/m0/s1. The van der Waals surface area contributed by atoms with E-state index >= 15 is 0 Å². The van der Waals surface area contributed by atoms with E-state index in [1.807, 2.05) is 6.07 Å². The smallest absolute Gasteiger partial charge is 0.270 e. The van der Waals surface area contributed by atoms with Gasteiger partial charge in [0.15, 0.2) is 11.6 Å². The summed E-state index contributed by atoms with van der Waals surface area (Å²) in [7, 11) is 1.65. The fourth-order valence-corrected chi connectivity index (χ4v) is 3.78. The van der Waals surface area contributed by atoms with Gasteiger partial charge in [0.05, 0.1) is 11.4 Å². The van der Waals surface area contributed by atoms with E-state index in [9.17, 15) is 18.4 Å². The van der Waals surface area contributed by atoms with Gasteiger partial charge in [-0.15, -0.1) is 0 Å². The van der Waals surface area contributed by atoms with E-state index in [2.05, 4.69) is 9.97 Å². The van der Waals surface area contributed by atoms with Gasteiger partial charge in [-0.25, -0.2) is 8.78 Å². The third-order valence-corrected chi connectivity index (χ3v) is 5.44. The van der Waals surface area contributed by atoms with Crippen LogP contribution in [0.2, 0.25) is 0 Å². The number of pyridine rings is 1. The summed E-state index contributed by atoms with van der Waals surface area (Å²) >= 11 is 0. The van der Waals surface area contributed by atoms with Crippen LogP contribution in [-0.2, 0) is 12.8 Å². The lowest BCUT2D eigenvalue weighted by Crippen LogP contribution is -2.30. The molecule has 1 aromatic carbocycles. The van der Waals surface area contributed by atoms with Crippen molar-refractivity contribution in [1.82, 2.24) is 14.9 Å². The van der Waals surface area contributed by atoms with Crippen LogP contribution in [-0.4, -0.2) is 27.8 Å². The zero-order chi connectivity index (χ0) is 19.3. The average molecular weight is 371 g/mol. The summed E-state index contributed by atoms with van der Waals surface area (Å²) in [5, 5.41) is -0.0437. The molecule has 5 nitrogen and oxygen atoms in total. The molecule has 0 aliphatic heterocycles. The van der Waals surface area contributed by atoms with Gasteiger partial charge in [0.1, 0.15) is 5.69 Å². The number of fused-ring (bicyclic) bond motifs is 2. The van der Waals surface area contributed by atoms with Crippen molar-refractivity contribution in [3.63, 3.8) is 0 Å². The largest absolute Gasteiger partial charge is 0.354 e. The van der Waals surface area contributed by atoms with Crippen molar-refractivity contribution >= 4 is 16.7 Å². The van der Waals surface area contributed by atoms with Gasteiger partial charge >= 0.3 is 0 Å². The fourth-order valence-electron chi connectivity index (χ4n) is 3.78. The molecule has 27 heavy (non-hydrogen) atoms. The van der Waals surface area contributed by atoms with Gasteiger partial charge in [-0.2, -0.15) is 0 Å². The molecule has 0 fully saturated rings. The Morgan fingerprint density at radius 3 is 2.78 bits per heavy atom. The molecule has 0 saturated heterocycles. The van der Waals surface area contributed by atoms with Crippen LogP contribution in [0.25, 0.3) is 10.8 Å². The van der Waals surface area contributed by atoms with E-state index in [4.69, 9.17) is 0 Å². The van der Waals surface area contributed by atoms with Crippen LogP contribution < -0.4 is 5.56 Å². The first-order valence-corrected chi connectivity index (χ1v) is 8.85. The maximum Gasteiger partial charge on any atom is 0.270 e. The first-order chi connectivity index (χ1) is 12.9. The minimum Gasteiger partial charge on any atom is -0.354 e. The Balaban J connectivity index is 1.72. The molecule has 0 radical (unpaired) electrons. The van der Waals surface area contributed by atoms with Gasteiger partial charge in [0, 0.05) is 18.9 Å². The molecular formula is C20H19F2N3O2. The number of carbonyl (C=O) groups is 1. The molecule has 7 heteroatoms. The number of nitrogens with zero attached hydrogens (tertiary/aromatic N) is 1. The average Bonchev–Trinajstić information content (AvgIpc) is 3.25. The van der Waals surface area contributed by atoms with Crippen LogP contribution >= 0.6 is 0 Å². The van der Waals surface area contributed by atoms with E-state index in [1.54, 1.807) is 14.0 Å². The Bertz CT molecular complexity index is 1090. The van der Waals surface area contributed by atoms with Crippen LogP contribution in [0, 0.1) is 11.6 Å². The lowest BCUT2D eigenvalue weighted by Gasteiger charge is -2.26. The number of hydrogen-bond acceptors (Lipinski definition) is 2. The topological polar surface area (TPSA) is 69.0 Å². The highest BCUT2D eigenvalue weighted by Crippen LogP contribution is 2.29. The normalized spacial score (nSPS) is 14.4. The molecule has 2 heterocycles. The summed E-state index contributed by atoms with van der Waals surface area (Å²) in [5.74, 6) is -2.46. The zero-order valence-electron chi connectivity index (χ0n) is 15.0. The number of benzene rings is 1. The van der Waals surface area contributed by atoms with Crippen molar-refractivity contribution in [3.05, 3.63) is 68.9 Å². The number of carbonyl (C=O) groups excluding carboxylic acids is 1. The molecule has 0 saturated carbocycles. The van der Waals surface area contributed by atoms with Crippen molar-refractivity contribution in [1.29, 1.82) is 0 Å². The number of H-pyrrole nitrogens is 2. The van der Waals surface area contributed by atoms with Gasteiger partial charge < -0.3 is 14.9 Å². The predicted octanol–water partition coefficient (Wildman–Crippen LogP) is 3.46. The molecule has 0 unspecified atom stereocenters. The Morgan fingerprint density at radius 1 is 1.26 bits per heavy atom. The Morgan fingerprint density at radius 2 is 2.04 bits per heavy atom. The molecule has 2 N–H and O–H groups in total. The van der Waals surface area contributed by atoms with Crippen molar-refractivity contribution in [2.45, 2.75) is 32.2 Å². The molecule has 3 aromatic rings. The fraction of sp³-hybridized carbons (Fsp3) is 0.300. The summed E-state index contributed by atoms with van der Waals surface area (Å²) in [4.78, 5) is 32.0. The first-order valence-electron chi connectivity index (χ1n) is 8.85. The van der Waals surface area contributed by atoms with Crippen LogP contribution in [0.1, 0.15) is 46.7 Å². The highest BCUT2D eigenvalue weighted by molar-refractivity contribution is 5.94. The van der Waals surface area contributed by atoms with Crippen molar-refractivity contribution in [2.75, 3.05) is 7.05 Å². The van der Waals surface area contributed by atoms with Gasteiger partial charge in [0.25, 0.3) is 11.5 Å². The second-order valence-electron chi connectivity index (χ2n) is 6.99. The van der Waals surface area contributed by atoms with E-state index in [1.165, 1.54) is 22.7 Å². The number of halogens is 2. The number of amides is 1. The minimum absolute atomic E-state index is 0.196. The van der Waals surface area contributed by atoms with E-state index in [0.717, 1.165) is 31.0 Å². The first kappa shape index (κ1) is 17.5.